The SMILES string of the molecule is Clc1ccc2cc3cccc(Cl)c3cc2c1. The molecule has 3 rings (SSSR count). The summed E-state index contributed by atoms with van der Waals surface area (Å²) in [6.45, 7) is 0. The van der Waals surface area contributed by atoms with E-state index in [2.05, 4.69) is 18.2 Å². The van der Waals surface area contributed by atoms with Gasteiger partial charge in [0.25, 0.3) is 0 Å². The first-order valence-electron chi connectivity index (χ1n) is 5.01. The molecule has 0 nitrogen and oxygen atoms in total. The third-order valence-corrected chi connectivity index (χ3v) is 3.31. The van der Waals surface area contributed by atoms with Crippen LogP contribution in [0.4, 0.5) is 0 Å². The molecule has 0 aliphatic rings. The quantitative estimate of drug-likeness (QED) is 0.473. The lowest BCUT2D eigenvalue weighted by Crippen LogP contribution is -1.77. The summed E-state index contributed by atoms with van der Waals surface area (Å²) in [7, 11) is 0. The molecule has 0 unspecified atom stereocenters. The molecule has 0 fully saturated rings. The van der Waals surface area contributed by atoms with Crippen LogP contribution in [-0.4, -0.2) is 0 Å². The number of halogens is 2. The monoisotopic (exact) mass is 246 g/mol. The highest BCUT2D eigenvalue weighted by Gasteiger charge is 2.01. The largest absolute Gasteiger partial charge is 0.0843 e. The summed E-state index contributed by atoms with van der Waals surface area (Å²) in [6, 6.07) is 16.0. The smallest absolute Gasteiger partial charge is 0.0484 e. The molecule has 0 heterocycles. The predicted octanol–water partition coefficient (Wildman–Crippen LogP) is 5.30. The van der Waals surface area contributed by atoms with Gasteiger partial charge in [0.2, 0.25) is 0 Å². The Morgan fingerprint density at radius 1 is 0.688 bits per heavy atom. The first-order valence-corrected chi connectivity index (χ1v) is 5.77. The summed E-state index contributed by atoms with van der Waals surface area (Å²) in [6.07, 6.45) is 0. The maximum Gasteiger partial charge on any atom is 0.0484 e. The highest BCUT2D eigenvalue weighted by molar-refractivity contribution is 6.36. The lowest BCUT2D eigenvalue weighted by atomic mass is 10.0. The van der Waals surface area contributed by atoms with Crippen LogP contribution >= 0.6 is 23.2 Å². The average Bonchev–Trinajstić information content (AvgIpc) is 2.28. The van der Waals surface area contributed by atoms with Crippen LogP contribution in [0.1, 0.15) is 0 Å². The fourth-order valence-electron chi connectivity index (χ4n) is 1.96. The fourth-order valence-corrected chi connectivity index (χ4v) is 2.37. The van der Waals surface area contributed by atoms with E-state index >= 15 is 0 Å². The van der Waals surface area contributed by atoms with Crippen LogP contribution < -0.4 is 0 Å². The maximum atomic E-state index is 6.16. The van der Waals surface area contributed by atoms with Crippen molar-refractivity contribution in [2.45, 2.75) is 0 Å². The van der Waals surface area contributed by atoms with Gasteiger partial charge in [-0.25, -0.2) is 0 Å². The van der Waals surface area contributed by atoms with Crippen molar-refractivity contribution >= 4 is 44.7 Å². The van der Waals surface area contributed by atoms with Crippen LogP contribution in [-0.2, 0) is 0 Å². The Morgan fingerprint density at radius 2 is 1.56 bits per heavy atom. The Balaban J connectivity index is 2.49. The van der Waals surface area contributed by atoms with Crippen LogP contribution in [0.5, 0.6) is 0 Å². The molecule has 0 saturated carbocycles. The first-order chi connectivity index (χ1) is 7.74. The highest BCUT2D eigenvalue weighted by atomic mass is 35.5. The van der Waals surface area contributed by atoms with E-state index < -0.39 is 0 Å². The molecule has 3 aromatic carbocycles. The van der Waals surface area contributed by atoms with Gasteiger partial charge in [0, 0.05) is 15.4 Å². The molecular formula is C14H8Cl2. The molecule has 0 radical (unpaired) electrons. The number of fused-ring (bicyclic) bond motifs is 2. The predicted molar refractivity (Wildman–Crippen MR) is 71.5 cm³/mol. The van der Waals surface area contributed by atoms with E-state index in [9.17, 15) is 0 Å². The van der Waals surface area contributed by atoms with Crippen molar-refractivity contribution in [3.8, 4) is 0 Å². The second kappa shape index (κ2) is 3.65. The van der Waals surface area contributed by atoms with Gasteiger partial charge in [0.05, 0.1) is 0 Å². The van der Waals surface area contributed by atoms with E-state index in [1.807, 2.05) is 30.3 Å². The minimum absolute atomic E-state index is 0.749. The zero-order valence-corrected chi connectivity index (χ0v) is 9.89. The van der Waals surface area contributed by atoms with Crippen molar-refractivity contribution in [1.29, 1.82) is 0 Å². The van der Waals surface area contributed by atoms with Gasteiger partial charge in [-0.15, -0.1) is 0 Å². The molecule has 0 amide bonds. The molecule has 3 aromatic rings. The van der Waals surface area contributed by atoms with Gasteiger partial charge in [0.15, 0.2) is 0 Å². The Morgan fingerprint density at radius 3 is 2.44 bits per heavy atom. The standard InChI is InChI=1S/C14H8Cl2/c15-12-5-4-9-6-10-2-1-3-14(16)13(10)8-11(9)7-12/h1-8H. The number of hydrogen-bond acceptors (Lipinski definition) is 0. The van der Waals surface area contributed by atoms with E-state index in [4.69, 9.17) is 23.2 Å². The Labute approximate surface area is 103 Å². The Hall–Kier alpha value is -1.24. The topological polar surface area (TPSA) is 0 Å². The van der Waals surface area contributed by atoms with Crippen LogP contribution in [0.15, 0.2) is 48.5 Å². The van der Waals surface area contributed by atoms with Crippen molar-refractivity contribution < 1.29 is 0 Å². The highest BCUT2D eigenvalue weighted by Crippen LogP contribution is 2.29. The minimum Gasteiger partial charge on any atom is -0.0843 e. The molecule has 0 N–H and O–H groups in total. The molecule has 0 aromatic heterocycles. The first kappa shape index (κ1) is 9.95. The molecule has 0 aliphatic carbocycles. The second-order valence-corrected chi connectivity index (χ2v) is 4.65. The van der Waals surface area contributed by atoms with Crippen molar-refractivity contribution in [3.63, 3.8) is 0 Å². The molecule has 0 spiro atoms. The molecule has 0 atom stereocenters. The minimum atomic E-state index is 0.749. The van der Waals surface area contributed by atoms with Crippen LogP contribution in [0.25, 0.3) is 21.5 Å². The lowest BCUT2D eigenvalue weighted by molar-refractivity contribution is 1.76. The number of hydrogen-bond donors (Lipinski definition) is 0. The van der Waals surface area contributed by atoms with E-state index in [0.29, 0.717) is 0 Å². The van der Waals surface area contributed by atoms with E-state index in [1.165, 1.54) is 5.39 Å². The number of benzene rings is 3. The molecule has 0 aliphatic heterocycles. The maximum absolute atomic E-state index is 6.16. The molecule has 0 bridgehead atoms. The van der Waals surface area contributed by atoms with Crippen molar-refractivity contribution in [3.05, 3.63) is 58.6 Å². The van der Waals surface area contributed by atoms with Crippen LogP contribution in [0, 0.1) is 0 Å². The number of rotatable bonds is 0. The zero-order chi connectivity index (χ0) is 11.1. The molecular weight excluding hydrogens is 239 g/mol. The Kier molecular flexibility index (Phi) is 2.27. The van der Waals surface area contributed by atoms with E-state index in [-0.39, 0.29) is 0 Å². The fraction of sp³-hybridized carbons (Fsp3) is 0. The van der Waals surface area contributed by atoms with Gasteiger partial charge < -0.3 is 0 Å². The third kappa shape index (κ3) is 1.55. The summed E-state index contributed by atoms with van der Waals surface area (Å²) in [5.74, 6) is 0. The van der Waals surface area contributed by atoms with E-state index in [0.717, 1.165) is 26.2 Å². The Bertz CT molecular complexity index is 687. The van der Waals surface area contributed by atoms with Crippen LogP contribution in [0.3, 0.4) is 0 Å². The summed E-state index contributed by atoms with van der Waals surface area (Å²) in [5, 5.41) is 6.05. The molecule has 2 heteroatoms. The molecule has 0 saturated heterocycles. The molecule has 78 valence electrons. The molecule has 16 heavy (non-hydrogen) atoms. The van der Waals surface area contributed by atoms with Crippen molar-refractivity contribution in [2.75, 3.05) is 0 Å². The van der Waals surface area contributed by atoms with Gasteiger partial charge in [-0.2, -0.15) is 0 Å². The van der Waals surface area contributed by atoms with Crippen LogP contribution in [0.2, 0.25) is 10.0 Å². The second-order valence-electron chi connectivity index (χ2n) is 3.80. The average molecular weight is 247 g/mol. The van der Waals surface area contributed by atoms with Gasteiger partial charge >= 0.3 is 0 Å². The van der Waals surface area contributed by atoms with Gasteiger partial charge in [-0.1, -0.05) is 41.4 Å². The summed E-state index contributed by atoms with van der Waals surface area (Å²) >= 11 is 12.1. The lowest BCUT2D eigenvalue weighted by Gasteiger charge is -2.04. The third-order valence-electron chi connectivity index (χ3n) is 2.75. The zero-order valence-electron chi connectivity index (χ0n) is 8.37. The van der Waals surface area contributed by atoms with Gasteiger partial charge in [0.1, 0.15) is 0 Å². The van der Waals surface area contributed by atoms with Crippen molar-refractivity contribution in [1.82, 2.24) is 0 Å². The van der Waals surface area contributed by atoms with Gasteiger partial charge in [-0.3, -0.25) is 0 Å². The summed E-state index contributed by atoms with van der Waals surface area (Å²) in [4.78, 5) is 0. The summed E-state index contributed by atoms with van der Waals surface area (Å²) < 4.78 is 0. The van der Waals surface area contributed by atoms with Gasteiger partial charge in [-0.05, 0) is 46.5 Å². The van der Waals surface area contributed by atoms with Crippen molar-refractivity contribution in [2.24, 2.45) is 0 Å². The normalized spacial score (nSPS) is 11.1. The van der Waals surface area contributed by atoms with E-state index in [1.54, 1.807) is 0 Å². The summed E-state index contributed by atoms with van der Waals surface area (Å²) in [5.41, 5.74) is 0.